The van der Waals surface area contributed by atoms with Gasteiger partial charge < -0.3 is 5.32 Å². The number of rotatable bonds is 9. The molecule has 2 N–H and O–H groups in total. The van der Waals surface area contributed by atoms with Crippen molar-refractivity contribution in [2.45, 2.75) is 57.2 Å². The summed E-state index contributed by atoms with van der Waals surface area (Å²) in [6, 6.07) is 9.42. The lowest BCUT2D eigenvalue weighted by atomic mass is 9.94. The Hall–Kier alpha value is -2.53. The Labute approximate surface area is 216 Å². The van der Waals surface area contributed by atoms with E-state index in [-0.39, 0.29) is 16.8 Å². The van der Waals surface area contributed by atoms with Crippen molar-refractivity contribution in [2.75, 3.05) is 18.0 Å². The van der Waals surface area contributed by atoms with Crippen molar-refractivity contribution in [1.29, 1.82) is 0 Å². The van der Waals surface area contributed by atoms with Gasteiger partial charge in [0.05, 0.1) is 6.04 Å². The van der Waals surface area contributed by atoms with Gasteiger partial charge in [0.2, 0.25) is 11.8 Å². The van der Waals surface area contributed by atoms with Crippen molar-refractivity contribution in [3.05, 3.63) is 64.9 Å². The molecule has 2 atom stereocenters. The molecule has 0 spiro atoms. The van der Waals surface area contributed by atoms with Crippen LogP contribution in [0.25, 0.3) is 0 Å². The normalized spacial score (nSPS) is 18.3. The topological polar surface area (TPSA) is 98.6 Å². The molecular formula is C25H30ClFN4O4S. The average molecular weight is 537 g/mol. The van der Waals surface area contributed by atoms with E-state index in [1.165, 1.54) is 29.4 Å². The molecule has 2 aliphatic rings. The van der Waals surface area contributed by atoms with Gasteiger partial charge in [0.1, 0.15) is 11.9 Å². The van der Waals surface area contributed by atoms with Crippen LogP contribution in [0, 0.1) is 5.82 Å². The summed E-state index contributed by atoms with van der Waals surface area (Å²) in [5.74, 6) is -1.78. The highest BCUT2D eigenvalue weighted by Crippen LogP contribution is 2.33. The Balaban J connectivity index is 1.75. The van der Waals surface area contributed by atoms with Crippen LogP contribution in [0.4, 0.5) is 10.1 Å². The average Bonchev–Trinajstić information content (AvgIpc) is 3.69. The molecule has 1 saturated heterocycles. The van der Waals surface area contributed by atoms with Crippen LogP contribution >= 0.6 is 11.6 Å². The zero-order valence-electron chi connectivity index (χ0n) is 20.0. The van der Waals surface area contributed by atoms with Crippen LogP contribution in [0.5, 0.6) is 0 Å². The standard InChI is InChI=1S/C25H30ClFN4O4S/c1-17(29-36(34,35)30-14-15-30)25(33)31(20-11-7-8-18(27)16-20)23(21-12-5-6-13-22(21)26)24(32)28-19-9-3-2-4-10-19/h5-8,11-13,16-17,19,23,29H,2-4,9-10,14-15H2,1H3,(H,28,32)/t17-,23-/m0/s1. The van der Waals surface area contributed by atoms with E-state index < -0.39 is 39.9 Å². The van der Waals surface area contributed by atoms with Crippen molar-refractivity contribution in [3.8, 4) is 0 Å². The van der Waals surface area contributed by atoms with Gasteiger partial charge >= 0.3 is 0 Å². The van der Waals surface area contributed by atoms with Crippen LogP contribution < -0.4 is 14.9 Å². The molecule has 1 heterocycles. The van der Waals surface area contributed by atoms with Gasteiger partial charge in [-0.2, -0.15) is 17.4 Å². The van der Waals surface area contributed by atoms with Crippen molar-refractivity contribution in [2.24, 2.45) is 0 Å². The maximum absolute atomic E-state index is 14.3. The number of halogens is 2. The van der Waals surface area contributed by atoms with E-state index in [1.54, 1.807) is 24.3 Å². The number of carbonyl (C=O) groups is 2. The molecule has 2 aromatic rings. The monoisotopic (exact) mass is 536 g/mol. The Morgan fingerprint density at radius 2 is 1.78 bits per heavy atom. The van der Waals surface area contributed by atoms with Gasteiger partial charge in [-0.05, 0) is 44.0 Å². The van der Waals surface area contributed by atoms with Crippen molar-refractivity contribution in [1.82, 2.24) is 14.3 Å². The number of hydrogen-bond acceptors (Lipinski definition) is 4. The first kappa shape index (κ1) is 26.5. The van der Waals surface area contributed by atoms with Crippen LogP contribution in [-0.2, 0) is 19.8 Å². The fourth-order valence-corrected chi connectivity index (χ4v) is 5.99. The molecule has 2 fully saturated rings. The Morgan fingerprint density at radius 1 is 1.08 bits per heavy atom. The van der Waals surface area contributed by atoms with Crippen LogP contribution in [0.3, 0.4) is 0 Å². The number of anilines is 1. The zero-order chi connectivity index (χ0) is 25.9. The smallest absolute Gasteiger partial charge is 0.280 e. The number of benzene rings is 2. The van der Waals surface area contributed by atoms with E-state index in [1.807, 2.05) is 0 Å². The molecule has 2 amide bonds. The summed E-state index contributed by atoms with van der Waals surface area (Å²) in [6.07, 6.45) is 4.72. The molecule has 1 aliphatic carbocycles. The number of carbonyl (C=O) groups excluding carboxylic acids is 2. The zero-order valence-corrected chi connectivity index (χ0v) is 21.6. The Kier molecular flexibility index (Phi) is 8.29. The number of nitrogens with one attached hydrogen (secondary N) is 2. The van der Waals surface area contributed by atoms with Gasteiger partial charge in [-0.3, -0.25) is 14.5 Å². The van der Waals surface area contributed by atoms with Crippen LogP contribution in [-0.4, -0.2) is 49.7 Å². The number of nitrogens with zero attached hydrogens (tertiary/aromatic N) is 2. The third-order valence-electron chi connectivity index (χ3n) is 6.42. The van der Waals surface area contributed by atoms with Crippen LogP contribution in [0.1, 0.15) is 50.6 Å². The summed E-state index contributed by atoms with van der Waals surface area (Å²) in [7, 11) is -3.86. The summed E-state index contributed by atoms with van der Waals surface area (Å²) in [5.41, 5.74) is 0.465. The van der Waals surface area contributed by atoms with E-state index >= 15 is 0 Å². The minimum Gasteiger partial charge on any atom is -0.351 e. The van der Waals surface area contributed by atoms with Crippen LogP contribution in [0.15, 0.2) is 48.5 Å². The number of hydrogen-bond donors (Lipinski definition) is 2. The molecule has 0 aromatic heterocycles. The SMILES string of the molecule is C[C@H](NS(=O)(=O)N1CC1)C(=O)N(c1cccc(F)c1)[C@H](C(=O)NC1CCCCC1)c1ccccc1Cl. The molecule has 4 rings (SSSR count). The van der Waals surface area contributed by atoms with Crippen molar-refractivity contribution in [3.63, 3.8) is 0 Å². The highest BCUT2D eigenvalue weighted by molar-refractivity contribution is 7.87. The summed E-state index contributed by atoms with van der Waals surface area (Å²) >= 11 is 6.50. The number of amides is 2. The lowest BCUT2D eigenvalue weighted by Gasteiger charge is -2.35. The van der Waals surface area contributed by atoms with Crippen molar-refractivity contribution >= 4 is 39.3 Å². The van der Waals surface area contributed by atoms with E-state index in [0.29, 0.717) is 18.7 Å². The predicted octanol–water partition coefficient (Wildman–Crippen LogP) is 3.54. The lowest BCUT2D eigenvalue weighted by Crippen LogP contribution is -2.53. The minimum atomic E-state index is -3.86. The first-order valence-electron chi connectivity index (χ1n) is 12.1. The van der Waals surface area contributed by atoms with Gasteiger partial charge in [0.25, 0.3) is 10.2 Å². The van der Waals surface area contributed by atoms with E-state index in [2.05, 4.69) is 10.0 Å². The van der Waals surface area contributed by atoms with Crippen molar-refractivity contribution < 1.29 is 22.4 Å². The van der Waals surface area contributed by atoms with Gasteiger partial charge in [-0.1, -0.05) is 55.1 Å². The highest BCUT2D eigenvalue weighted by atomic mass is 35.5. The lowest BCUT2D eigenvalue weighted by molar-refractivity contribution is -0.127. The minimum absolute atomic E-state index is 0.0562. The second kappa shape index (κ2) is 11.2. The molecular weight excluding hydrogens is 507 g/mol. The fraction of sp³-hybridized carbons (Fsp3) is 0.440. The summed E-state index contributed by atoms with van der Waals surface area (Å²) < 4.78 is 42.9. The molecule has 1 saturated carbocycles. The molecule has 0 bridgehead atoms. The molecule has 2 aromatic carbocycles. The third kappa shape index (κ3) is 6.23. The quantitative estimate of drug-likeness (QED) is 0.479. The molecule has 0 radical (unpaired) electrons. The maximum Gasteiger partial charge on any atom is 0.280 e. The van der Waals surface area contributed by atoms with Gasteiger partial charge in [-0.15, -0.1) is 0 Å². The highest BCUT2D eigenvalue weighted by Gasteiger charge is 2.40. The van der Waals surface area contributed by atoms with E-state index in [4.69, 9.17) is 11.6 Å². The summed E-state index contributed by atoms with van der Waals surface area (Å²) in [6.45, 7) is 2.14. The Bertz CT molecular complexity index is 1220. The molecule has 11 heteroatoms. The summed E-state index contributed by atoms with van der Waals surface area (Å²) in [4.78, 5) is 28.8. The largest absolute Gasteiger partial charge is 0.351 e. The summed E-state index contributed by atoms with van der Waals surface area (Å²) in [5, 5.41) is 3.30. The van der Waals surface area contributed by atoms with E-state index in [0.717, 1.165) is 43.1 Å². The second-order valence-corrected chi connectivity index (χ2v) is 11.3. The molecule has 1 aliphatic heterocycles. The third-order valence-corrected chi connectivity index (χ3v) is 8.46. The van der Waals surface area contributed by atoms with Gasteiger partial charge in [-0.25, -0.2) is 4.39 Å². The molecule has 194 valence electrons. The first-order chi connectivity index (χ1) is 17.2. The molecule has 36 heavy (non-hydrogen) atoms. The molecule has 8 nitrogen and oxygen atoms in total. The fourth-order valence-electron chi connectivity index (χ4n) is 4.49. The van der Waals surface area contributed by atoms with E-state index in [9.17, 15) is 22.4 Å². The Morgan fingerprint density at radius 3 is 2.42 bits per heavy atom. The van der Waals surface area contributed by atoms with Crippen LogP contribution in [0.2, 0.25) is 5.02 Å². The first-order valence-corrected chi connectivity index (χ1v) is 13.9. The van der Waals surface area contributed by atoms with Gasteiger partial charge in [0, 0.05) is 35.4 Å². The second-order valence-electron chi connectivity index (χ2n) is 9.20. The maximum atomic E-state index is 14.3. The molecule has 0 unspecified atom stereocenters. The van der Waals surface area contributed by atoms with Gasteiger partial charge in [0.15, 0.2) is 0 Å². The predicted molar refractivity (Wildman–Crippen MR) is 136 cm³/mol.